The Morgan fingerprint density at radius 2 is 1.84 bits per heavy atom. The van der Waals surface area contributed by atoms with E-state index in [0.29, 0.717) is 29.3 Å². The molecule has 3 aromatic rings. The molecule has 8 nitrogen and oxygen atoms in total. The molecule has 2 heterocycles. The van der Waals surface area contributed by atoms with Gasteiger partial charge in [-0.2, -0.15) is 13.2 Å². The summed E-state index contributed by atoms with van der Waals surface area (Å²) in [6, 6.07) is 6.56. The maximum atomic E-state index is 14.3. The molecular formula is C22H25FN4O4S. The Balaban J connectivity index is 0.000000837. The predicted molar refractivity (Wildman–Crippen MR) is 119 cm³/mol. The van der Waals surface area contributed by atoms with Gasteiger partial charge < -0.3 is 9.30 Å². The minimum absolute atomic E-state index is 0.00227. The number of nitrogens with zero attached hydrogens (tertiary/aromatic N) is 3. The topological polar surface area (TPSA) is 115 Å². The largest absolute Gasteiger partial charge is 0.450 e. The lowest BCUT2D eigenvalue weighted by Gasteiger charge is -2.16. The first-order valence-electron chi connectivity index (χ1n) is 9.87. The van der Waals surface area contributed by atoms with Crippen molar-refractivity contribution in [3.63, 3.8) is 0 Å². The predicted octanol–water partition coefficient (Wildman–Crippen LogP) is 4.62. The van der Waals surface area contributed by atoms with E-state index in [2.05, 4.69) is 9.97 Å². The zero-order chi connectivity index (χ0) is 24.0. The van der Waals surface area contributed by atoms with Crippen LogP contribution in [0.1, 0.15) is 43.8 Å². The van der Waals surface area contributed by atoms with E-state index in [0.717, 1.165) is 11.1 Å². The lowest BCUT2D eigenvalue weighted by molar-refractivity contribution is 0.439. The summed E-state index contributed by atoms with van der Waals surface area (Å²) in [6.45, 7) is 9.43. The molecule has 170 valence electrons. The lowest BCUT2D eigenvalue weighted by atomic mass is 10.1. The number of halogens is 1. The summed E-state index contributed by atoms with van der Waals surface area (Å²) >= 11 is 0. The van der Waals surface area contributed by atoms with Gasteiger partial charge in [0.05, 0.1) is 6.20 Å². The smallest absolute Gasteiger partial charge is 0.308 e. The number of aryl methyl sites for hydroxylation is 3. The van der Waals surface area contributed by atoms with Crippen molar-refractivity contribution in [1.29, 1.82) is 4.78 Å². The molecule has 0 fully saturated rings. The number of pyridine rings is 1. The Bertz CT molecular complexity index is 1280. The molecule has 32 heavy (non-hydrogen) atoms. The van der Waals surface area contributed by atoms with Crippen molar-refractivity contribution in [1.82, 2.24) is 14.5 Å². The average Bonchev–Trinajstić information content (AvgIpc) is 2.71. The highest BCUT2D eigenvalue weighted by atomic mass is 32.2. The van der Waals surface area contributed by atoms with Gasteiger partial charge in [0.15, 0.2) is 17.3 Å². The van der Waals surface area contributed by atoms with Crippen LogP contribution in [-0.4, -0.2) is 23.0 Å². The van der Waals surface area contributed by atoms with Crippen molar-refractivity contribution < 1.29 is 17.5 Å². The third-order valence-electron chi connectivity index (χ3n) is 4.48. The van der Waals surface area contributed by atoms with Gasteiger partial charge in [0, 0.05) is 29.8 Å². The summed E-state index contributed by atoms with van der Waals surface area (Å²) < 4.78 is 44.6. The van der Waals surface area contributed by atoms with Crippen LogP contribution in [-0.2, 0) is 16.9 Å². The van der Waals surface area contributed by atoms with Gasteiger partial charge in [-0.05, 0) is 51.5 Å². The first-order valence-corrected chi connectivity index (χ1v) is 10.9. The third-order valence-corrected chi connectivity index (χ3v) is 4.48. The van der Waals surface area contributed by atoms with Gasteiger partial charge in [-0.25, -0.2) is 14.4 Å². The molecule has 0 amide bonds. The summed E-state index contributed by atoms with van der Waals surface area (Å²) in [5, 5.41) is 0. The zero-order valence-electron chi connectivity index (χ0n) is 18.5. The molecule has 10 heteroatoms. The molecule has 0 atom stereocenters. The number of nitrogens with one attached hydrogen (secondary N) is 1. The van der Waals surface area contributed by atoms with Gasteiger partial charge in [-0.1, -0.05) is 13.0 Å². The molecule has 1 aromatic carbocycles. The molecule has 0 aliphatic carbocycles. The number of aromatic nitrogens is 3. The maximum Gasteiger partial charge on any atom is 0.308 e. The Morgan fingerprint density at radius 3 is 2.41 bits per heavy atom. The van der Waals surface area contributed by atoms with E-state index in [9.17, 15) is 9.18 Å². The molecule has 0 bridgehead atoms. The first-order chi connectivity index (χ1) is 15.0. The second-order valence-corrected chi connectivity index (χ2v) is 7.81. The number of benzene rings is 1. The Hall–Kier alpha value is -3.40. The van der Waals surface area contributed by atoms with Crippen molar-refractivity contribution in [3.8, 4) is 22.8 Å². The molecule has 0 aliphatic heterocycles. The number of hydrogen-bond donors (Lipinski definition) is 1. The third kappa shape index (κ3) is 6.30. The minimum Gasteiger partial charge on any atom is -0.450 e. The molecule has 0 aliphatic rings. The van der Waals surface area contributed by atoms with Crippen LogP contribution in [0.2, 0.25) is 0 Å². The van der Waals surface area contributed by atoms with Gasteiger partial charge in [0.1, 0.15) is 11.5 Å². The Morgan fingerprint density at radius 1 is 1.19 bits per heavy atom. The van der Waals surface area contributed by atoms with E-state index in [-0.39, 0.29) is 17.4 Å². The highest BCUT2D eigenvalue weighted by molar-refractivity contribution is 7.60. The molecule has 0 saturated heterocycles. The van der Waals surface area contributed by atoms with E-state index in [1.807, 2.05) is 27.7 Å². The fourth-order valence-electron chi connectivity index (χ4n) is 2.92. The average molecular weight is 461 g/mol. The van der Waals surface area contributed by atoms with Gasteiger partial charge >= 0.3 is 10.5 Å². The molecule has 0 saturated carbocycles. The van der Waals surface area contributed by atoms with E-state index >= 15 is 0 Å². The van der Waals surface area contributed by atoms with E-state index in [1.54, 1.807) is 42.1 Å². The number of rotatable bonds is 5. The van der Waals surface area contributed by atoms with E-state index in [1.165, 1.54) is 6.07 Å². The molecule has 0 spiro atoms. The van der Waals surface area contributed by atoms with Crippen LogP contribution in [0.5, 0.6) is 11.5 Å². The minimum atomic E-state index is -2.61. The highest BCUT2D eigenvalue weighted by Gasteiger charge is 2.16. The maximum absolute atomic E-state index is 14.3. The van der Waals surface area contributed by atoms with Crippen LogP contribution < -0.4 is 10.3 Å². The van der Waals surface area contributed by atoms with E-state index in [4.69, 9.17) is 17.9 Å². The summed E-state index contributed by atoms with van der Waals surface area (Å²) in [5.41, 5.74) is 2.63. The monoisotopic (exact) mass is 460 g/mol. The first kappa shape index (κ1) is 24.9. The summed E-state index contributed by atoms with van der Waals surface area (Å²) in [4.78, 5) is 21.3. The Labute approximate surface area is 187 Å². The number of hydrogen-bond acceptors (Lipinski definition) is 7. The molecular weight excluding hydrogens is 435 g/mol. The molecule has 3 rings (SSSR count). The van der Waals surface area contributed by atoms with Crippen LogP contribution in [0.25, 0.3) is 11.3 Å². The Kier molecular flexibility index (Phi) is 8.36. The van der Waals surface area contributed by atoms with Gasteiger partial charge in [-0.3, -0.25) is 4.79 Å². The fourth-order valence-corrected chi connectivity index (χ4v) is 2.92. The van der Waals surface area contributed by atoms with Crippen molar-refractivity contribution >= 4 is 10.5 Å². The standard InChI is InChI=1S/C22H24FN3O2.HNO2S/c1-6-20-24-11-19(28-18-8-7-14(4)9-17(18)23)21(25-20)16-10-15(5)22(27)26(12-16)13(2)3;1-4(2)3/h7-13H,6H2,1-5H3;1H. The molecule has 1 N–H and O–H groups in total. The second-order valence-electron chi connectivity index (χ2n) is 7.34. The van der Waals surface area contributed by atoms with E-state index < -0.39 is 16.3 Å². The van der Waals surface area contributed by atoms with Crippen LogP contribution in [0.15, 0.2) is 41.5 Å². The summed E-state index contributed by atoms with van der Waals surface area (Å²) in [7, 11) is -2.61. The van der Waals surface area contributed by atoms with Crippen LogP contribution in [0.3, 0.4) is 0 Å². The van der Waals surface area contributed by atoms with Crippen molar-refractivity contribution in [2.24, 2.45) is 0 Å². The summed E-state index contributed by atoms with van der Waals surface area (Å²) in [6.07, 6.45) is 3.97. The molecule has 0 radical (unpaired) electrons. The van der Waals surface area contributed by atoms with Gasteiger partial charge in [-0.15, -0.1) is 0 Å². The molecule has 2 aromatic heterocycles. The normalized spacial score (nSPS) is 10.5. The zero-order valence-corrected chi connectivity index (χ0v) is 19.3. The van der Waals surface area contributed by atoms with Crippen LogP contribution >= 0.6 is 0 Å². The van der Waals surface area contributed by atoms with Crippen molar-refractivity contribution in [3.05, 3.63) is 69.8 Å². The quantitative estimate of drug-likeness (QED) is 0.594. The summed E-state index contributed by atoms with van der Waals surface area (Å²) in [5.74, 6) is 0.641. The SMILES string of the molecule is CCc1ncc(Oc2ccc(C)cc2F)c(-c2cc(C)c(=O)n(C(C)C)c2)n1.N=S(=O)=O. The lowest BCUT2D eigenvalue weighted by Crippen LogP contribution is -2.23. The second kappa shape index (κ2) is 10.8. The van der Waals surface area contributed by atoms with Gasteiger partial charge in [0.25, 0.3) is 5.56 Å². The van der Waals surface area contributed by atoms with Crippen LogP contribution in [0.4, 0.5) is 4.39 Å². The van der Waals surface area contributed by atoms with Gasteiger partial charge in [0.2, 0.25) is 0 Å². The van der Waals surface area contributed by atoms with Crippen LogP contribution in [0, 0.1) is 24.4 Å². The van der Waals surface area contributed by atoms with Crippen molar-refractivity contribution in [2.45, 2.75) is 47.1 Å². The number of ether oxygens (including phenoxy) is 1. The van der Waals surface area contributed by atoms with Crippen molar-refractivity contribution in [2.75, 3.05) is 0 Å². The fraction of sp³-hybridized carbons (Fsp3) is 0.318. The highest BCUT2D eigenvalue weighted by Crippen LogP contribution is 2.33. The molecule has 0 unspecified atom stereocenters.